The van der Waals surface area contributed by atoms with Gasteiger partial charge >= 0.3 is 0 Å². The number of benzene rings is 2. The van der Waals surface area contributed by atoms with E-state index in [9.17, 15) is 9.59 Å². The first-order chi connectivity index (χ1) is 15.3. The van der Waals surface area contributed by atoms with Crippen LogP contribution in [0.2, 0.25) is 0 Å². The Labute approximate surface area is 190 Å². The van der Waals surface area contributed by atoms with Gasteiger partial charge in [0.25, 0.3) is 0 Å². The Kier molecular flexibility index (Phi) is 8.25. The van der Waals surface area contributed by atoms with Crippen molar-refractivity contribution in [3.8, 4) is 0 Å². The van der Waals surface area contributed by atoms with Gasteiger partial charge in [0, 0.05) is 30.2 Å². The predicted octanol–water partition coefficient (Wildman–Crippen LogP) is 3.37. The van der Waals surface area contributed by atoms with Crippen molar-refractivity contribution in [2.45, 2.75) is 39.4 Å². The molecule has 0 aromatic heterocycles. The van der Waals surface area contributed by atoms with Crippen molar-refractivity contribution in [2.75, 3.05) is 48.8 Å². The molecular weight excluding hydrogens is 404 g/mol. The highest BCUT2D eigenvalue weighted by atomic mass is 16.5. The molecule has 0 spiro atoms. The Hall–Kier alpha value is -2.90. The summed E-state index contributed by atoms with van der Waals surface area (Å²) in [4.78, 5) is 28.8. The number of hydrogen-bond acceptors (Lipinski definition) is 5. The molecule has 2 aromatic carbocycles. The number of para-hydroxylation sites is 1. The fourth-order valence-electron chi connectivity index (χ4n) is 4.03. The first-order valence-corrected chi connectivity index (χ1v) is 11.2. The average molecular weight is 439 g/mol. The molecule has 2 unspecified atom stereocenters. The van der Waals surface area contributed by atoms with Crippen molar-refractivity contribution in [2.24, 2.45) is 0 Å². The molecule has 7 nitrogen and oxygen atoms in total. The molecule has 2 N–H and O–H groups in total. The Morgan fingerprint density at radius 3 is 2.19 bits per heavy atom. The molecule has 3 rings (SSSR count). The zero-order valence-electron chi connectivity index (χ0n) is 19.4. The minimum atomic E-state index is -0.157. The number of carbonyl (C=O) groups is 2. The number of carbonyl (C=O) groups excluding carboxylic acids is 2. The van der Waals surface area contributed by atoms with Gasteiger partial charge in [0.05, 0.1) is 25.3 Å². The van der Waals surface area contributed by atoms with Crippen molar-refractivity contribution in [1.82, 2.24) is 4.90 Å². The lowest BCUT2D eigenvalue weighted by molar-refractivity contribution is -0.119. The molecule has 32 heavy (non-hydrogen) atoms. The van der Waals surface area contributed by atoms with Crippen LogP contribution in [-0.2, 0) is 20.7 Å². The normalized spacial score (nSPS) is 18.5. The largest absolute Gasteiger partial charge is 0.372 e. The van der Waals surface area contributed by atoms with Gasteiger partial charge in [-0.1, -0.05) is 25.1 Å². The summed E-state index contributed by atoms with van der Waals surface area (Å²) in [5, 5.41) is 5.84. The van der Waals surface area contributed by atoms with E-state index in [1.807, 2.05) is 48.5 Å². The SMILES string of the molecule is CCc1ccccc1NC(=O)CN(C)CC(=O)Nc1ccc(N2CC(C)OC(C)C2)cc1. The van der Waals surface area contributed by atoms with E-state index in [0.29, 0.717) is 0 Å². The van der Waals surface area contributed by atoms with E-state index in [4.69, 9.17) is 4.74 Å². The third kappa shape index (κ3) is 6.80. The van der Waals surface area contributed by atoms with Crippen LogP contribution in [0.4, 0.5) is 17.1 Å². The van der Waals surface area contributed by atoms with Crippen LogP contribution < -0.4 is 15.5 Å². The third-order valence-electron chi connectivity index (χ3n) is 5.44. The zero-order chi connectivity index (χ0) is 23.1. The molecule has 0 aliphatic carbocycles. The molecule has 172 valence electrons. The van der Waals surface area contributed by atoms with E-state index < -0.39 is 0 Å². The molecule has 0 bridgehead atoms. The quantitative estimate of drug-likeness (QED) is 0.661. The van der Waals surface area contributed by atoms with Gasteiger partial charge in [-0.3, -0.25) is 14.5 Å². The maximum Gasteiger partial charge on any atom is 0.238 e. The highest BCUT2D eigenvalue weighted by Gasteiger charge is 2.22. The molecule has 1 aliphatic heterocycles. The Bertz CT molecular complexity index is 906. The highest BCUT2D eigenvalue weighted by molar-refractivity contribution is 5.95. The van der Waals surface area contributed by atoms with Gasteiger partial charge in [-0.25, -0.2) is 0 Å². The Morgan fingerprint density at radius 1 is 0.969 bits per heavy atom. The van der Waals surface area contributed by atoms with Crippen LogP contribution in [0, 0.1) is 0 Å². The van der Waals surface area contributed by atoms with Gasteiger partial charge in [-0.05, 0) is 63.2 Å². The summed E-state index contributed by atoms with van der Waals surface area (Å²) in [6.07, 6.45) is 1.24. The molecule has 2 atom stereocenters. The number of nitrogens with zero attached hydrogens (tertiary/aromatic N) is 2. The van der Waals surface area contributed by atoms with Crippen LogP contribution >= 0.6 is 0 Å². The fraction of sp³-hybridized carbons (Fsp3) is 0.440. The molecule has 1 aliphatic rings. The number of ether oxygens (including phenoxy) is 1. The lowest BCUT2D eigenvalue weighted by Gasteiger charge is -2.36. The maximum absolute atomic E-state index is 12.4. The second-order valence-electron chi connectivity index (χ2n) is 8.49. The van der Waals surface area contributed by atoms with E-state index in [2.05, 4.69) is 36.3 Å². The third-order valence-corrected chi connectivity index (χ3v) is 5.44. The van der Waals surface area contributed by atoms with E-state index in [1.165, 1.54) is 0 Å². The maximum atomic E-state index is 12.4. The molecule has 0 radical (unpaired) electrons. The molecule has 1 saturated heterocycles. The summed E-state index contributed by atoms with van der Waals surface area (Å²) in [7, 11) is 1.76. The van der Waals surface area contributed by atoms with Crippen LogP contribution in [0.15, 0.2) is 48.5 Å². The van der Waals surface area contributed by atoms with Crippen molar-refractivity contribution in [3.05, 3.63) is 54.1 Å². The average Bonchev–Trinajstić information content (AvgIpc) is 2.73. The second-order valence-corrected chi connectivity index (χ2v) is 8.49. The molecular formula is C25H34N4O3. The number of morpholine rings is 1. The summed E-state index contributed by atoms with van der Waals surface area (Å²) < 4.78 is 5.79. The van der Waals surface area contributed by atoms with Gasteiger partial charge in [0.2, 0.25) is 11.8 Å². The topological polar surface area (TPSA) is 73.9 Å². The van der Waals surface area contributed by atoms with Gasteiger partial charge < -0.3 is 20.3 Å². The van der Waals surface area contributed by atoms with Crippen LogP contribution in [0.25, 0.3) is 0 Å². The Balaban J connectivity index is 1.47. The van der Waals surface area contributed by atoms with E-state index in [1.54, 1.807) is 11.9 Å². The number of nitrogens with one attached hydrogen (secondary N) is 2. The van der Waals surface area contributed by atoms with Crippen molar-refractivity contribution >= 4 is 28.9 Å². The van der Waals surface area contributed by atoms with Crippen molar-refractivity contribution < 1.29 is 14.3 Å². The van der Waals surface area contributed by atoms with E-state index >= 15 is 0 Å². The van der Waals surface area contributed by atoms with Crippen LogP contribution in [0.1, 0.15) is 26.3 Å². The number of likely N-dealkylation sites (N-methyl/N-ethyl adjacent to an activating group) is 1. The molecule has 0 saturated carbocycles. The highest BCUT2D eigenvalue weighted by Crippen LogP contribution is 2.22. The number of hydrogen-bond donors (Lipinski definition) is 2. The molecule has 7 heteroatoms. The lowest BCUT2D eigenvalue weighted by atomic mass is 10.1. The minimum absolute atomic E-state index is 0.128. The minimum Gasteiger partial charge on any atom is -0.372 e. The summed E-state index contributed by atoms with van der Waals surface area (Å²) in [5.74, 6) is -0.296. The number of anilines is 3. The van der Waals surface area contributed by atoms with Crippen molar-refractivity contribution in [1.29, 1.82) is 0 Å². The van der Waals surface area contributed by atoms with Gasteiger partial charge in [-0.2, -0.15) is 0 Å². The monoisotopic (exact) mass is 438 g/mol. The molecule has 1 heterocycles. The van der Waals surface area contributed by atoms with Crippen LogP contribution in [0.3, 0.4) is 0 Å². The molecule has 2 aromatic rings. The van der Waals surface area contributed by atoms with Gasteiger partial charge in [0.1, 0.15) is 0 Å². The first kappa shape index (κ1) is 23.8. The smallest absolute Gasteiger partial charge is 0.238 e. The molecule has 2 amide bonds. The second kappa shape index (κ2) is 11.1. The standard InChI is InChI=1S/C25H34N4O3/c1-5-20-8-6-7-9-23(20)27-25(31)17-28(4)16-24(30)26-21-10-12-22(13-11-21)29-14-18(2)32-19(3)15-29/h6-13,18-19H,5,14-17H2,1-4H3,(H,26,30)(H,27,31). The summed E-state index contributed by atoms with van der Waals surface area (Å²) in [6, 6.07) is 15.6. The van der Waals surface area contributed by atoms with Crippen molar-refractivity contribution in [3.63, 3.8) is 0 Å². The number of aryl methyl sites for hydroxylation is 1. The first-order valence-electron chi connectivity index (χ1n) is 11.2. The summed E-state index contributed by atoms with van der Waals surface area (Å²) in [6.45, 7) is 8.18. The lowest BCUT2D eigenvalue weighted by Crippen LogP contribution is -2.45. The molecule has 1 fully saturated rings. The summed E-state index contributed by atoms with van der Waals surface area (Å²) >= 11 is 0. The van der Waals surface area contributed by atoms with Gasteiger partial charge in [-0.15, -0.1) is 0 Å². The number of rotatable bonds is 8. The van der Waals surface area contributed by atoms with Gasteiger partial charge in [0.15, 0.2) is 0 Å². The Morgan fingerprint density at radius 2 is 1.56 bits per heavy atom. The van der Waals surface area contributed by atoms with E-state index in [0.717, 1.165) is 42.1 Å². The fourth-order valence-corrected chi connectivity index (χ4v) is 4.03. The zero-order valence-corrected chi connectivity index (χ0v) is 19.4. The van der Waals surface area contributed by atoms with Crippen LogP contribution in [-0.4, -0.2) is 62.1 Å². The number of amides is 2. The summed E-state index contributed by atoms with van der Waals surface area (Å²) in [5.41, 5.74) is 3.77. The predicted molar refractivity (Wildman–Crippen MR) is 129 cm³/mol. The van der Waals surface area contributed by atoms with E-state index in [-0.39, 0.29) is 37.1 Å². The van der Waals surface area contributed by atoms with Crippen LogP contribution in [0.5, 0.6) is 0 Å².